The molecule has 0 unspecified atom stereocenters. The van der Waals surface area contributed by atoms with Crippen LogP contribution in [0.4, 0.5) is 11.4 Å². The molecule has 0 saturated carbocycles. The normalized spacial score (nSPS) is 10.3. The molecule has 3 aromatic rings. The van der Waals surface area contributed by atoms with Crippen LogP contribution in [0.3, 0.4) is 0 Å². The van der Waals surface area contributed by atoms with Gasteiger partial charge in [0, 0.05) is 31.4 Å². The summed E-state index contributed by atoms with van der Waals surface area (Å²) in [5.41, 5.74) is 1.29. The predicted molar refractivity (Wildman–Crippen MR) is 120 cm³/mol. The lowest BCUT2D eigenvalue weighted by Crippen LogP contribution is -2.14. The third-order valence-corrected chi connectivity index (χ3v) is 4.79. The first-order chi connectivity index (χ1) is 15.3. The van der Waals surface area contributed by atoms with Crippen LogP contribution in [-0.2, 0) is 4.74 Å². The molecule has 3 rings (SSSR count). The van der Waals surface area contributed by atoms with Gasteiger partial charge in [-0.15, -0.1) is 0 Å². The second-order valence-corrected chi connectivity index (χ2v) is 7.32. The molecule has 0 fully saturated rings. The van der Waals surface area contributed by atoms with Crippen molar-refractivity contribution in [3.8, 4) is 11.5 Å². The Morgan fingerprint density at radius 1 is 0.969 bits per heavy atom. The van der Waals surface area contributed by atoms with E-state index in [4.69, 9.17) is 21.1 Å². The minimum Gasteiger partial charge on any atom is -0.454 e. The quantitative estimate of drug-likeness (QED) is 0.201. The fourth-order valence-corrected chi connectivity index (χ4v) is 2.97. The van der Waals surface area contributed by atoms with E-state index >= 15 is 0 Å². The van der Waals surface area contributed by atoms with Crippen LogP contribution in [0, 0.1) is 10.1 Å². The maximum atomic E-state index is 12.4. The molecule has 0 N–H and O–H groups in total. The van der Waals surface area contributed by atoms with Crippen LogP contribution in [0.25, 0.3) is 0 Å². The zero-order valence-corrected chi connectivity index (χ0v) is 18.0. The zero-order chi connectivity index (χ0) is 23.3. The second kappa shape index (κ2) is 9.93. The van der Waals surface area contributed by atoms with Gasteiger partial charge in [-0.1, -0.05) is 17.7 Å². The van der Waals surface area contributed by atoms with E-state index in [1.807, 2.05) is 19.0 Å². The highest BCUT2D eigenvalue weighted by molar-refractivity contribution is 6.32. The van der Waals surface area contributed by atoms with Gasteiger partial charge in [-0.2, -0.15) is 0 Å². The highest BCUT2D eigenvalue weighted by Gasteiger charge is 2.19. The summed E-state index contributed by atoms with van der Waals surface area (Å²) < 4.78 is 10.6. The van der Waals surface area contributed by atoms with Crippen molar-refractivity contribution in [1.82, 2.24) is 0 Å². The predicted octanol–water partition coefficient (Wildman–Crippen LogP) is 5.15. The fraction of sp³-hybridized carbons (Fsp3) is 0.130. The number of ether oxygens (including phenoxy) is 2. The number of rotatable bonds is 8. The summed E-state index contributed by atoms with van der Waals surface area (Å²) in [6.07, 6.45) is 0. The van der Waals surface area contributed by atoms with Crippen molar-refractivity contribution < 1.29 is 24.0 Å². The fourth-order valence-electron chi connectivity index (χ4n) is 2.76. The number of carbonyl (C=O) groups is 2. The van der Waals surface area contributed by atoms with Crippen LogP contribution in [0.5, 0.6) is 11.5 Å². The van der Waals surface area contributed by atoms with Gasteiger partial charge in [0.2, 0.25) is 5.75 Å². The first-order valence-electron chi connectivity index (χ1n) is 9.45. The SMILES string of the molecule is CN(C)c1ccc(C(=O)OCC(=O)c2ccc(Oc3c(Cl)cccc3[N+](=O)[O-])cc2)cc1. The van der Waals surface area contributed by atoms with Crippen molar-refractivity contribution in [2.75, 3.05) is 25.6 Å². The molecule has 0 radical (unpaired) electrons. The lowest BCUT2D eigenvalue weighted by Gasteiger charge is -2.12. The van der Waals surface area contributed by atoms with Crippen molar-refractivity contribution >= 4 is 34.7 Å². The number of hydrogen-bond donors (Lipinski definition) is 0. The molecule has 0 aromatic heterocycles. The van der Waals surface area contributed by atoms with E-state index in [0.29, 0.717) is 11.1 Å². The average Bonchev–Trinajstić information content (AvgIpc) is 2.79. The zero-order valence-electron chi connectivity index (χ0n) is 17.3. The van der Waals surface area contributed by atoms with Crippen molar-refractivity contribution in [2.45, 2.75) is 0 Å². The molecule has 0 amide bonds. The minimum absolute atomic E-state index is 0.0879. The van der Waals surface area contributed by atoms with Crippen LogP contribution < -0.4 is 9.64 Å². The summed E-state index contributed by atoms with van der Waals surface area (Å²) in [5.74, 6) is -0.837. The number of halogens is 1. The van der Waals surface area contributed by atoms with Gasteiger partial charge in [0.15, 0.2) is 12.4 Å². The van der Waals surface area contributed by atoms with E-state index < -0.39 is 23.3 Å². The van der Waals surface area contributed by atoms with E-state index in [1.54, 1.807) is 24.3 Å². The monoisotopic (exact) mass is 454 g/mol. The Balaban J connectivity index is 1.62. The number of nitro benzene ring substituents is 1. The molecule has 0 bridgehead atoms. The Morgan fingerprint density at radius 2 is 1.59 bits per heavy atom. The van der Waals surface area contributed by atoms with E-state index in [9.17, 15) is 19.7 Å². The average molecular weight is 455 g/mol. The number of hydrogen-bond acceptors (Lipinski definition) is 7. The Bertz CT molecular complexity index is 1140. The van der Waals surface area contributed by atoms with Gasteiger partial charge in [0.05, 0.1) is 15.5 Å². The molecule has 9 heteroatoms. The summed E-state index contributed by atoms with van der Waals surface area (Å²) in [7, 11) is 3.77. The molecule has 8 nitrogen and oxygen atoms in total. The van der Waals surface area contributed by atoms with Gasteiger partial charge in [-0.3, -0.25) is 14.9 Å². The van der Waals surface area contributed by atoms with E-state index in [0.717, 1.165) is 5.69 Å². The topological polar surface area (TPSA) is 99.0 Å². The number of ketones is 1. The summed E-state index contributed by atoms with van der Waals surface area (Å²) >= 11 is 6.02. The Morgan fingerprint density at radius 3 is 2.19 bits per heavy atom. The first-order valence-corrected chi connectivity index (χ1v) is 9.82. The number of carbonyl (C=O) groups excluding carboxylic acids is 2. The highest BCUT2D eigenvalue weighted by Crippen LogP contribution is 2.37. The summed E-state index contributed by atoms with van der Waals surface area (Å²) in [6.45, 7) is -0.426. The van der Waals surface area contributed by atoms with Gasteiger partial charge >= 0.3 is 11.7 Å². The molecule has 0 aliphatic carbocycles. The molecule has 0 atom stereocenters. The van der Waals surface area contributed by atoms with Crippen molar-refractivity contribution in [3.63, 3.8) is 0 Å². The Hall–Kier alpha value is -3.91. The van der Waals surface area contributed by atoms with Crippen LogP contribution in [0.15, 0.2) is 66.7 Å². The lowest BCUT2D eigenvalue weighted by atomic mass is 10.1. The molecular formula is C23H19ClN2O6. The van der Waals surface area contributed by atoms with Gasteiger partial charge in [-0.25, -0.2) is 4.79 Å². The van der Waals surface area contributed by atoms with Crippen LogP contribution >= 0.6 is 11.6 Å². The summed E-state index contributed by atoms with van der Waals surface area (Å²) in [5, 5.41) is 11.3. The molecule has 3 aromatic carbocycles. The van der Waals surface area contributed by atoms with E-state index in [2.05, 4.69) is 0 Å². The van der Waals surface area contributed by atoms with Gasteiger partial charge in [-0.05, 0) is 54.6 Å². The smallest absolute Gasteiger partial charge is 0.338 e. The standard InChI is InChI=1S/C23H19ClN2O6/c1-25(2)17-10-6-16(7-11-17)23(28)31-14-21(27)15-8-12-18(13-9-15)32-22-19(24)4-3-5-20(22)26(29)30/h3-13H,14H2,1-2H3. The number of nitrogens with zero attached hydrogens (tertiary/aromatic N) is 2. The molecule has 0 aliphatic heterocycles. The van der Waals surface area contributed by atoms with Crippen LogP contribution in [0.1, 0.15) is 20.7 Å². The Kier molecular flexibility index (Phi) is 7.07. The molecule has 0 aliphatic rings. The third kappa shape index (κ3) is 5.41. The highest BCUT2D eigenvalue weighted by atomic mass is 35.5. The molecule has 32 heavy (non-hydrogen) atoms. The van der Waals surface area contributed by atoms with E-state index in [-0.39, 0.29) is 22.2 Å². The maximum Gasteiger partial charge on any atom is 0.338 e. The van der Waals surface area contributed by atoms with Crippen LogP contribution in [0.2, 0.25) is 5.02 Å². The van der Waals surface area contributed by atoms with Gasteiger partial charge < -0.3 is 14.4 Å². The molecule has 0 spiro atoms. The maximum absolute atomic E-state index is 12.4. The number of para-hydroxylation sites is 1. The lowest BCUT2D eigenvalue weighted by molar-refractivity contribution is -0.385. The van der Waals surface area contributed by atoms with E-state index in [1.165, 1.54) is 42.5 Å². The second-order valence-electron chi connectivity index (χ2n) is 6.91. The molecular weight excluding hydrogens is 436 g/mol. The van der Waals surface area contributed by atoms with Gasteiger partial charge in [0.1, 0.15) is 5.75 Å². The van der Waals surface area contributed by atoms with Gasteiger partial charge in [0.25, 0.3) is 0 Å². The number of anilines is 1. The largest absolute Gasteiger partial charge is 0.454 e. The minimum atomic E-state index is -0.602. The number of nitro groups is 1. The Labute approximate surface area is 189 Å². The summed E-state index contributed by atoms with van der Waals surface area (Å²) in [6, 6.07) is 16.9. The first kappa shape index (κ1) is 22.8. The molecule has 0 heterocycles. The molecule has 0 saturated heterocycles. The number of benzene rings is 3. The third-order valence-electron chi connectivity index (χ3n) is 4.49. The van der Waals surface area contributed by atoms with Crippen molar-refractivity contribution in [1.29, 1.82) is 0 Å². The summed E-state index contributed by atoms with van der Waals surface area (Å²) in [4.78, 5) is 37.0. The van der Waals surface area contributed by atoms with Crippen molar-refractivity contribution in [2.24, 2.45) is 0 Å². The van der Waals surface area contributed by atoms with Crippen molar-refractivity contribution in [3.05, 3.63) is 93.0 Å². The van der Waals surface area contributed by atoms with Crippen LogP contribution in [-0.4, -0.2) is 37.4 Å². The number of Topliss-reactive ketones (excluding diaryl/α,β-unsaturated/α-hetero) is 1. The number of esters is 1. The molecule has 164 valence electrons.